The monoisotopic (exact) mass is 387 g/mol. The smallest absolute Gasteiger partial charge is 0.237 e. The number of carbonyl (C=O) groups is 2. The molecule has 1 saturated heterocycles. The first kappa shape index (κ1) is 28.2. The van der Waals surface area contributed by atoms with Crippen molar-refractivity contribution < 1.29 is 9.59 Å². The molecule has 0 aromatic heterocycles. The molecule has 1 aliphatic heterocycles. The van der Waals surface area contributed by atoms with Crippen LogP contribution < -0.4 is 16.0 Å². The Balaban J connectivity index is 0. The van der Waals surface area contributed by atoms with E-state index in [-0.39, 0.29) is 11.9 Å². The van der Waals surface area contributed by atoms with Gasteiger partial charge in [-0.1, -0.05) is 34.6 Å². The Bertz CT molecular complexity index is 353. The molecule has 3 N–H and O–H groups in total. The maximum atomic E-state index is 11.9. The lowest BCUT2D eigenvalue weighted by Gasteiger charge is -2.39. The summed E-state index contributed by atoms with van der Waals surface area (Å²) in [5.74, 6) is 0.205. The largest absolute Gasteiger partial charge is 0.353 e. The lowest BCUT2D eigenvalue weighted by atomic mass is 10.0. The molecule has 1 heterocycles. The zero-order chi connectivity index (χ0) is 21.1. The first-order chi connectivity index (χ1) is 13.0. The second kappa shape index (κ2) is 19.7. The first-order valence-electron chi connectivity index (χ1n) is 10.5. The molecule has 7 heteroatoms. The summed E-state index contributed by atoms with van der Waals surface area (Å²) in [5.41, 5.74) is 0. The van der Waals surface area contributed by atoms with Crippen LogP contribution in [0.25, 0.3) is 0 Å². The molecule has 0 radical (unpaired) electrons. The predicted molar refractivity (Wildman–Crippen MR) is 115 cm³/mol. The normalized spacial score (nSPS) is 16.0. The summed E-state index contributed by atoms with van der Waals surface area (Å²) in [4.78, 5) is 26.1. The fourth-order valence-electron chi connectivity index (χ4n) is 2.48. The van der Waals surface area contributed by atoms with Gasteiger partial charge in [-0.25, -0.2) is 0 Å². The van der Waals surface area contributed by atoms with Crippen LogP contribution in [0.1, 0.15) is 47.5 Å². The quantitative estimate of drug-likeness (QED) is 0.433. The molecule has 0 aromatic rings. The highest BCUT2D eigenvalue weighted by atomic mass is 16.2. The number of hydrogen-bond donors (Lipinski definition) is 3. The van der Waals surface area contributed by atoms with Gasteiger partial charge in [-0.2, -0.15) is 0 Å². The van der Waals surface area contributed by atoms with Crippen molar-refractivity contribution in [2.45, 2.75) is 59.5 Å². The summed E-state index contributed by atoms with van der Waals surface area (Å²) in [7, 11) is 4.03. The molecule has 0 aromatic carbocycles. The van der Waals surface area contributed by atoms with Crippen LogP contribution in [0.2, 0.25) is 0 Å². The van der Waals surface area contributed by atoms with Crippen LogP contribution in [0.5, 0.6) is 0 Å². The molecular weight excluding hydrogens is 342 g/mol. The topological polar surface area (TPSA) is 76.7 Å². The van der Waals surface area contributed by atoms with Crippen molar-refractivity contribution in [1.29, 1.82) is 0 Å². The van der Waals surface area contributed by atoms with Crippen LogP contribution in [0, 0.1) is 0 Å². The predicted octanol–water partition coefficient (Wildman–Crippen LogP) is 0.948. The van der Waals surface area contributed by atoms with E-state index in [1.54, 1.807) is 0 Å². The maximum Gasteiger partial charge on any atom is 0.237 e. The minimum absolute atomic E-state index is 0.132. The Kier molecular flexibility index (Phi) is 20.6. The summed E-state index contributed by atoms with van der Waals surface area (Å²) >= 11 is 0. The Morgan fingerprint density at radius 1 is 1.26 bits per heavy atom. The Labute approximate surface area is 167 Å². The SMILES string of the molecule is CC.CC(C)NCC=O.CCCN1CCC1C(=O)NCCN(C)CCNC. The van der Waals surface area contributed by atoms with Gasteiger partial charge in [0.2, 0.25) is 5.91 Å². The van der Waals surface area contributed by atoms with E-state index in [0.717, 1.165) is 58.4 Å². The Morgan fingerprint density at radius 3 is 2.30 bits per heavy atom. The summed E-state index contributed by atoms with van der Waals surface area (Å²) < 4.78 is 0. The van der Waals surface area contributed by atoms with Gasteiger partial charge >= 0.3 is 0 Å². The highest BCUT2D eigenvalue weighted by Gasteiger charge is 2.32. The highest BCUT2D eigenvalue weighted by Crippen LogP contribution is 2.17. The fraction of sp³-hybridized carbons (Fsp3) is 0.900. The van der Waals surface area contributed by atoms with Crippen molar-refractivity contribution in [3.8, 4) is 0 Å². The van der Waals surface area contributed by atoms with E-state index in [0.29, 0.717) is 12.6 Å². The summed E-state index contributed by atoms with van der Waals surface area (Å²) in [6, 6.07) is 0.553. The van der Waals surface area contributed by atoms with Crippen molar-refractivity contribution in [2.24, 2.45) is 0 Å². The minimum Gasteiger partial charge on any atom is -0.353 e. The number of likely N-dealkylation sites (tertiary alicyclic amines) is 1. The summed E-state index contributed by atoms with van der Waals surface area (Å²) in [6.45, 7) is 16.4. The highest BCUT2D eigenvalue weighted by molar-refractivity contribution is 5.82. The fourth-order valence-corrected chi connectivity index (χ4v) is 2.48. The van der Waals surface area contributed by atoms with Gasteiger partial charge in [-0.05, 0) is 33.5 Å². The van der Waals surface area contributed by atoms with Crippen molar-refractivity contribution in [3.05, 3.63) is 0 Å². The molecule has 1 aliphatic rings. The van der Waals surface area contributed by atoms with Crippen LogP contribution in [0.4, 0.5) is 0 Å². The van der Waals surface area contributed by atoms with Gasteiger partial charge in [-0.15, -0.1) is 0 Å². The molecule has 27 heavy (non-hydrogen) atoms. The second-order valence-electron chi connectivity index (χ2n) is 6.77. The molecule has 7 nitrogen and oxygen atoms in total. The molecule has 162 valence electrons. The maximum absolute atomic E-state index is 11.9. The molecule has 0 spiro atoms. The minimum atomic E-state index is 0.132. The second-order valence-corrected chi connectivity index (χ2v) is 6.77. The van der Waals surface area contributed by atoms with E-state index in [2.05, 4.69) is 39.7 Å². The number of carbonyl (C=O) groups excluding carboxylic acids is 2. The first-order valence-corrected chi connectivity index (χ1v) is 10.5. The third-order valence-electron chi connectivity index (χ3n) is 4.09. The standard InChI is InChI=1S/C13H28N4O.C5H11NO.C2H6/c1-4-8-17-9-5-12(17)13(18)15-7-11-16(3)10-6-14-2;1-5(2)6-3-4-7;1-2/h12,14H,4-11H2,1-3H3,(H,15,18);4-6H,3H2,1-2H3;1-2H3. The number of aldehydes is 1. The van der Waals surface area contributed by atoms with Crippen LogP contribution in [0.15, 0.2) is 0 Å². The molecular formula is C20H45N5O2. The lowest BCUT2D eigenvalue weighted by Crippen LogP contribution is -2.56. The van der Waals surface area contributed by atoms with Gasteiger partial charge in [0.1, 0.15) is 6.29 Å². The Morgan fingerprint density at radius 2 is 1.89 bits per heavy atom. The van der Waals surface area contributed by atoms with E-state index in [1.165, 1.54) is 0 Å². The Hall–Kier alpha value is -1.02. The average molecular weight is 388 g/mol. The molecule has 1 amide bonds. The molecule has 0 saturated carbocycles. The summed E-state index contributed by atoms with van der Waals surface area (Å²) in [5, 5.41) is 9.08. The van der Waals surface area contributed by atoms with Gasteiger partial charge in [-0.3, -0.25) is 9.69 Å². The molecule has 1 unspecified atom stereocenters. The summed E-state index contributed by atoms with van der Waals surface area (Å²) in [6.07, 6.45) is 3.00. The average Bonchev–Trinajstić information content (AvgIpc) is 2.63. The van der Waals surface area contributed by atoms with Crippen LogP contribution in [-0.2, 0) is 9.59 Å². The van der Waals surface area contributed by atoms with Gasteiger partial charge < -0.3 is 25.6 Å². The van der Waals surface area contributed by atoms with Crippen molar-refractivity contribution in [3.63, 3.8) is 0 Å². The number of rotatable bonds is 12. The van der Waals surface area contributed by atoms with Crippen molar-refractivity contribution in [2.75, 3.05) is 59.9 Å². The van der Waals surface area contributed by atoms with Crippen LogP contribution >= 0.6 is 0 Å². The van der Waals surface area contributed by atoms with Crippen molar-refractivity contribution in [1.82, 2.24) is 25.8 Å². The number of nitrogens with one attached hydrogen (secondary N) is 3. The van der Waals surface area contributed by atoms with Crippen LogP contribution in [-0.4, -0.2) is 94.0 Å². The van der Waals surface area contributed by atoms with E-state index in [4.69, 9.17) is 0 Å². The van der Waals surface area contributed by atoms with Gasteiger partial charge in [0.25, 0.3) is 0 Å². The third-order valence-corrected chi connectivity index (χ3v) is 4.09. The third kappa shape index (κ3) is 15.7. The van der Waals surface area contributed by atoms with E-state index < -0.39 is 0 Å². The molecule has 1 fully saturated rings. The van der Waals surface area contributed by atoms with Crippen LogP contribution in [0.3, 0.4) is 0 Å². The number of hydrogen-bond acceptors (Lipinski definition) is 6. The van der Waals surface area contributed by atoms with Gasteiger partial charge in [0.15, 0.2) is 0 Å². The van der Waals surface area contributed by atoms with Crippen molar-refractivity contribution >= 4 is 12.2 Å². The van der Waals surface area contributed by atoms with E-state index in [1.807, 2.05) is 34.7 Å². The zero-order valence-electron chi connectivity index (χ0n) is 18.8. The molecule has 1 atom stereocenters. The molecule has 0 aliphatic carbocycles. The lowest BCUT2D eigenvalue weighted by molar-refractivity contribution is -0.130. The number of likely N-dealkylation sites (N-methyl/N-ethyl adjacent to an activating group) is 2. The van der Waals surface area contributed by atoms with Gasteiger partial charge in [0.05, 0.1) is 12.6 Å². The molecule has 1 rings (SSSR count). The number of nitrogens with zero attached hydrogens (tertiary/aromatic N) is 2. The zero-order valence-corrected chi connectivity index (χ0v) is 18.8. The van der Waals surface area contributed by atoms with E-state index >= 15 is 0 Å². The number of amides is 1. The van der Waals surface area contributed by atoms with E-state index in [9.17, 15) is 9.59 Å². The molecule has 0 bridgehead atoms. The van der Waals surface area contributed by atoms with Gasteiger partial charge in [0, 0.05) is 38.8 Å².